The van der Waals surface area contributed by atoms with Crippen LogP contribution < -0.4 is 4.90 Å². The van der Waals surface area contributed by atoms with Gasteiger partial charge in [0.2, 0.25) is 0 Å². The van der Waals surface area contributed by atoms with Crippen LogP contribution in [0.15, 0.2) is 11.4 Å². The van der Waals surface area contributed by atoms with Crippen molar-refractivity contribution in [1.29, 1.82) is 0 Å². The van der Waals surface area contributed by atoms with Gasteiger partial charge in [0, 0.05) is 16.8 Å². The number of fused-ring (bicyclic) bond motifs is 1. The van der Waals surface area contributed by atoms with Gasteiger partial charge in [0.05, 0.1) is 5.69 Å². The summed E-state index contributed by atoms with van der Waals surface area (Å²) in [4.78, 5) is 15.1. The molecule has 17 heavy (non-hydrogen) atoms. The largest absolute Gasteiger partial charge is 0.443 e. The molecule has 1 aliphatic rings. The number of carbonyl (C=O) groups excluding carboxylic acids is 1. The van der Waals surface area contributed by atoms with E-state index >= 15 is 0 Å². The Morgan fingerprint density at radius 2 is 2.12 bits per heavy atom. The van der Waals surface area contributed by atoms with Crippen molar-refractivity contribution in [2.45, 2.75) is 45.6 Å². The normalized spacial score (nSPS) is 18.1. The number of anilines is 1. The maximum Gasteiger partial charge on any atom is 0.414 e. The second-order valence-corrected chi connectivity index (χ2v) is 7.00. The number of carbonyl (C=O) groups is 1. The highest BCUT2D eigenvalue weighted by Gasteiger charge is 2.40. The number of nitrogens with zero attached hydrogens (tertiary/aromatic N) is 1. The Hall–Kier alpha value is -1.03. The Bertz CT molecular complexity index is 443. The average Bonchev–Trinajstić information content (AvgIpc) is 2.66. The lowest BCUT2D eigenvalue weighted by Gasteiger charge is -2.25. The molecule has 0 spiro atoms. The molecular formula is C13H19NO2S. The van der Waals surface area contributed by atoms with Gasteiger partial charge >= 0.3 is 6.09 Å². The maximum atomic E-state index is 12.1. The summed E-state index contributed by atoms with van der Waals surface area (Å²) in [6, 6.07) is 2.00. The fourth-order valence-electron chi connectivity index (χ4n) is 2.05. The summed E-state index contributed by atoms with van der Waals surface area (Å²) in [5.74, 6) is 0. The van der Waals surface area contributed by atoms with Crippen LogP contribution in [0.2, 0.25) is 0 Å². The molecule has 0 aromatic carbocycles. The Labute approximate surface area is 106 Å². The van der Waals surface area contributed by atoms with Gasteiger partial charge in [-0.05, 0) is 32.2 Å². The molecule has 0 atom stereocenters. The van der Waals surface area contributed by atoms with Gasteiger partial charge in [-0.15, -0.1) is 11.3 Å². The summed E-state index contributed by atoms with van der Waals surface area (Å²) >= 11 is 1.71. The lowest BCUT2D eigenvalue weighted by atomic mass is 9.94. The van der Waals surface area contributed by atoms with Gasteiger partial charge < -0.3 is 4.74 Å². The van der Waals surface area contributed by atoms with Crippen molar-refractivity contribution in [2.24, 2.45) is 0 Å². The number of ether oxygens (including phenoxy) is 1. The second-order valence-electron chi connectivity index (χ2n) is 6.09. The van der Waals surface area contributed by atoms with Gasteiger partial charge in [-0.3, -0.25) is 4.90 Å². The van der Waals surface area contributed by atoms with E-state index in [-0.39, 0.29) is 11.5 Å². The summed E-state index contributed by atoms with van der Waals surface area (Å²) in [7, 11) is 0. The molecule has 1 amide bonds. The SMILES string of the molecule is CC(C)(C)OC(=O)N1CC(C)(C)c2sccc21. The van der Waals surface area contributed by atoms with Gasteiger partial charge in [-0.25, -0.2) is 4.79 Å². The Balaban J connectivity index is 2.24. The quantitative estimate of drug-likeness (QED) is 0.704. The molecule has 1 aromatic rings. The minimum absolute atomic E-state index is 0.0282. The number of amides is 1. The second kappa shape index (κ2) is 3.73. The first kappa shape index (κ1) is 12.4. The van der Waals surface area contributed by atoms with E-state index < -0.39 is 5.60 Å². The van der Waals surface area contributed by atoms with Gasteiger partial charge in [-0.1, -0.05) is 13.8 Å². The van der Waals surface area contributed by atoms with Crippen LogP contribution in [0.4, 0.5) is 10.5 Å². The number of hydrogen-bond acceptors (Lipinski definition) is 3. The average molecular weight is 253 g/mol. The van der Waals surface area contributed by atoms with Gasteiger partial charge in [0.1, 0.15) is 5.60 Å². The van der Waals surface area contributed by atoms with Crippen molar-refractivity contribution in [3.05, 3.63) is 16.3 Å². The van der Waals surface area contributed by atoms with Crippen LogP contribution in [0.25, 0.3) is 0 Å². The smallest absolute Gasteiger partial charge is 0.414 e. The molecule has 4 heteroatoms. The van der Waals surface area contributed by atoms with Crippen LogP contribution in [-0.4, -0.2) is 18.2 Å². The van der Waals surface area contributed by atoms with Crippen LogP contribution in [0.5, 0.6) is 0 Å². The summed E-state index contributed by atoms with van der Waals surface area (Å²) < 4.78 is 5.43. The zero-order valence-corrected chi connectivity index (χ0v) is 11.9. The van der Waals surface area contributed by atoms with Crippen molar-refractivity contribution in [3.63, 3.8) is 0 Å². The van der Waals surface area contributed by atoms with Crippen molar-refractivity contribution in [2.75, 3.05) is 11.4 Å². The third-order valence-corrected chi connectivity index (χ3v) is 3.99. The van der Waals surface area contributed by atoms with E-state index in [1.165, 1.54) is 4.88 Å². The van der Waals surface area contributed by atoms with Crippen molar-refractivity contribution in [1.82, 2.24) is 0 Å². The summed E-state index contributed by atoms with van der Waals surface area (Å²) in [5.41, 5.74) is 0.592. The van der Waals surface area contributed by atoms with E-state index in [1.54, 1.807) is 16.2 Å². The van der Waals surface area contributed by atoms with Crippen LogP contribution in [0.1, 0.15) is 39.5 Å². The zero-order valence-electron chi connectivity index (χ0n) is 11.0. The van der Waals surface area contributed by atoms with E-state index in [0.717, 1.165) is 5.69 Å². The fraction of sp³-hybridized carbons (Fsp3) is 0.615. The van der Waals surface area contributed by atoms with Crippen LogP contribution >= 0.6 is 11.3 Å². The lowest BCUT2D eigenvalue weighted by Crippen LogP contribution is -2.38. The molecule has 0 saturated heterocycles. The molecule has 0 bridgehead atoms. The molecule has 94 valence electrons. The maximum absolute atomic E-state index is 12.1. The van der Waals surface area contributed by atoms with Gasteiger partial charge in [0.15, 0.2) is 0 Å². The van der Waals surface area contributed by atoms with Crippen LogP contribution in [0, 0.1) is 0 Å². The summed E-state index contributed by atoms with van der Waals surface area (Å²) in [6.07, 6.45) is -0.247. The molecule has 1 aliphatic heterocycles. The highest BCUT2D eigenvalue weighted by atomic mass is 32.1. The van der Waals surface area contributed by atoms with Crippen molar-refractivity contribution < 1.29 is 9.53 Å². The van der Waals surface area contributed by atoms with Crippen molar-refractivity contribution >= 4 is 23.1 Å². The third kappa shape index (κ3) is 2.32. The molecule has 0 N–H and O–H groups in total. The van der Waals surface area contributed by atoms with Crippen LogP contribution in [0.3, 0.4) is 0 Å². The van der Waals surface area contributed by atoms with E-state index in [0.29, 0.717) is 6.54 Å². The van der Waals surface area contributed by atoms with Crippen molar-refractivity contribution in [3.8, 4) is 0 Å². The third-order valence-electron chi connectivity index (χ3n) is 2.72. The highest BCUT2D eigenvalue weighted by molar-refractivity contribution is 7.10. The Kier molecular flexibility index (Phi) is 2.73. The summed E-state index contributed by atoms with van der Waals surface area (Å²) in [6.45, 7) is 10.7. The molecule has 2 heterocycles. The molecule has 0 aliphatic carbocycles. The molecule has 3 nitrogen and oxygen atoms in total. The summed E-state index contributed by atoms with van der Waals surface area (Å²) in [5, 5.41) is 2.03. The zero-order chi connectivity index (χ0) is 12.8. The standard InChI is InChI=1S/C13H19NO2S/c1-12(2,3)16-11(15)14-8-13(4,5)10-9(14)6-7-17-10/h6-7H,8H2,1-5H3. The predicted molar refractivity (Wildman–Crippen MR) is 70.9 cm³/mol. The first-order chi connectivity index (χ1) is 7.71. The molecule has 0 unspecified atom stereocenters. The number of hydrogen-bond donors (Lipinski definition) is 0. The molecule has 0 radical (unpaired) electrons. The van der Waals surface area contributed by atoms with E-state index in [2.05, 4.69) is 13.8 Å². The minimum Gasteiger partial charge on any atom is -0.443 e. The predicted octanol–water partition coefficient (Wildman–Crippen LogP) is 3.78. The molecular weight excluding hydrogens is 234 g/mol. The fourth-order valence-corrected chi connectivity index (χ4v) is 3.07. The first-order valence-corrected chi connectivity index (χ1v) is 6.67. The minimum atomic E-state index is -0.444. The molecule has 0 saturated carbocycles. The van der Waals surface area contributed by atoms with E-state index in [4.69, 9.17) is 4.74 Å². The number of rotatable bonds is 0. The van der Waals surface area contributed by atoms with Crippen LogP contribution in [-0.2, 0) is 10.2 Å². The van der Waals surface area contributed by atoms with E-state index in [9.17, 15) is 4.79 Å². The molecule has 2 rings (SSSR count). The topological polar surface area (TPSA) is 29.5 Å². The molecule has 0 fully saturated rings. The Morgan fingerprint density at radius 3 is 2.71 bits per heavy atom. The Morgan fingerprint density at radius 1 is 1.47 bits per heavy atom. The first-order valence-electron chi connectivity index (χ1n) is 5.79. The monoisotopic (exact) mass is 253 g/mol. The number of thiophene rings is 1. The van der Waals surface area contributed by atoms with Gasteiger partial charge in [-0.2, -0.15) is 0 Å². The highest BCUT2D eigenvalue weighted by Crippen LogP contribution is 2.44. The van der Waals surface area contributed by atoms with E-state index in [1.807, 2.05) is 32.2 Å². The molecule has 1 aromatic heterocycles. The lowest BCUT2D eigenvalue weighted by molar-refractivity contribution is 0.0579. The van der Waals surface area contributed by atoms with Gasteiger partial charge in [0.25, 0.3) is 0 Å².